The van der Waals surface area contributed by atoms with E-state index in [1.165, 1.54) is 11.1 Å². The predicted octanol–water partition coefficient (Wildman–Crippen LogP) is 4.25. The normalized spacial score (nSPS) is 10.7. The van der Waals surface area contributed by atoms with E-state index in [9.17, 15) is 4.79 Å². The molecule has 0 aliphatic rings. The van der Waals surface area contributed by atoms with Gasteiger partial charge in [0.25, 0.3) is 5.91 Å². The fourth-order valence-electron chi connectivity index (χ4n) is 2.56. The summed E-state index contributed by atoms with van der Waals surface area (Å²) in [5, 5.41) is 2.92. The van der Waals surface area contributed by atoms with E-state index < -0.39 is 0 Å². The second-order valence-electron chi connectivity index (χ2n) is 6.42. The lowest BCUT2D eigenvalue weighted by molar-refractivity contribution is -0.123. The van der Waals surface area contributed by atoms with Gasteiger partial charge in [0.2, 0.25) is 0 Å². The Morgan fingerprint density at radius 3 is 2.50 bits per heavy atom. The first kappa shape index (κ1) is 18.1. The molecule has 0 heterocycles. The lowest BCUT2D eigenvalue weighted by atomic mass is 10.0. The molecule has 2 rings (SSSR count). The Bertz CT molecular complexity index is 647. The van der Waals surface area contributed by atoms with Crippen molar-refractivity contribution in [3.63, 3.8) is 0 Å². The second-order valence-corrected chi connectivity index (χ2v) is 6.42. The zero-order valence-corrected chi connectivity index (χ0v) is 14.8. The lowest BCUT2D eigenvalue weighted by Crippen LogP contribution is -2.30. The molecule has 1 N–H and O–H groups in total. The van der Waals surface area contributed by atoms with E-state index in [0.717, 1.165) is 24.2 Å². The van der Waals surface area contributed by atoms with Gasteiger partial charge in [-0.15, -0.1) is 0 Å². The maximum absolute atomic E-state index is 11.9. The highest BCUT2D eigenvalue weighted by Gasteiger charge is 2.08. The van der Waals surface area contributed by atoms with Crippen LogP contribution in [0, 0.1) is 6.92 Å². The van der Waals surface area contributed by atoms with E-state index >= 15 is 0 Å². The predicted molar refractivity (Wildman–Crippen MR) is 98.5 cm³/mol. The second kappa shape index (κ2) is 9.11. The van der Waals surface area contributed by atoms with Crippen LogP contribution in [0.3, 0.4) is 0 Å². The van der Waals surface area contributed by atoms with Crippen molar-refractivity contribution >= 4 is 5.91 Å². The third kappa shape index (κ3) is 5.73. The summed E-state index contributed by atoms with van der Waals surface area (Å²) in [5.74, 6) is 1.10. The van der Waals surface area contributed by atoms with Gasteiger partial charge in [-0.25, -0.2) is 0 Å². The third-order valence-electron chi connectivity index (χ3n) is 3.98. The molecule has 3 nitrogen and oxygen atoms in total. The average molecular weight is 325 g/mol. The van der Waals surface area contributed by atoms with Gasteiger partial charge in [0.1, 0.15) is 5.75 Å². The number of hydrogen-bond donors (Lipinski definition) is 1. The molecule has 2 aromatic rings. The van der Waals surface area contributed by atoms with Crippen LogP contribution in [0.15, 0.2) is 48.5 Å². The molecule has 128 valence electrons. The van der Waals surface area contributed by atoms with Crippen LogP contribution in [0.2, 0.25) is 0 Å². The maximum atomic E-state index is 11.9. The number of ether oxygens (including phenoxy) is 1. The lowest BCUT2D eigenvalue weighted by Gasteiger charge is -2.13. The van der Waals surface area contributed by atoms with Crippen molar-refractivity contribution in [1.82, 2.24) is 5.32 Å². The van der Waals surface area contributed by atoms with Crippen LogP contribution in [0.5, 0.6) is 5.75 Å². The molecule has 0 aliphatic heterocycles. The molecule has 3 heteroatoms. The number of carbonyl (C=O) groups excluding carboxylic acids is 1. The Kier molecular flexibility index (Phi) is 6.86. The molecule has 1 amide bonds. The third-order valence-corrected chi connectivity index (χ3v) is 3.98. The Morgan fingerprint density at radius 2 is 1.79 bits per heavy atom. The minimum Gasteiger partial charge on any atom is -0.483 e. The van der Waals surface area contributed by atoms with Gasteiger partial charge in [-0.1, -0.05) is 61.9 Å². The average Bonchev–Trinajstić information content (AvgIpc) is 2.58. The Hall–Kier alpha value is -2.29. The molecule has 0 fully saturated rings. The zero-order valence-electron chi connectivity index (χ0n) is 14.8. The minimum atomic E-state index is -0.0718. The maximum Gasteiger partial charge on any atom is 0.257 e. The van der Waals surface area contributed by atoms with E-state index in [1.54, 1.807) is 0 Å². The summed E-state index contributed by atoms with van der Waals surface area (Å²) in [5.41, 5.74) is 3.70. The topological polar surface area (TPSA) is 38.3 Å². The first-order valence-corrected chi connectivity index (χ1v) is 8.60. The highest BCUT2D eigenvalue weighted by atomic mass is 16.5. The first-order valence-electron chi connectivity index (χ1n) is 8.60. The van der Waals surface area contributed by atoms with Crippen LogP contribution < -0.4 is 10.1 Å². The molecule has 2 aromatic carbocycles. The van der Waals surface area contributed by atoms with E-state index in [-0.39, 0.29) is 12.5 Å². The summed E-state index contributed by atoms with van der Waals surface area (Å²) in [6, 6.07) is 16.4. The van der Waals surface area contributed by atoms with Crippen LogP contribution in [0.25, 0.3) is 0 Å². The quantitative estimate of drug-likeness (QED) is 0.737. The first-order chi connectivity index (χ1) is 11.6. The summed E-state index contributed by atoms with van der Waals surface area (Å²) in [6.45, 7) is 7.05. The van der Waals surface area contributed by atoms with Gasteiger partial charge in [0.15, 0.2) is 6.61 Å². The van der Waals surface area contributed by atoms with Gasteiger partial charge in [-0.3, -0.25) is 4.79 Å². The van der Waals surface area contributed by atoms with Crippen molar-refractivity contribution in [1.29, 1.82) is 0 Å². The van der Waals surface area contributed by atoms with Crippen molar-refractivity contribution in [2.75, 3.05) is 13.2 Å². The highest BCUT2D eigenvalue weighted by Crippen LogP contribution is 2.25. The van der Waals surface area contributed by atoms with Gasteiger partial charge in [0, 0.05) is 6.54 Å². The van der Waals surface area contributed by atoms with Crippen molar-refractivity contribution in [2.24, 2.45) is 0 Å². The molecule has 0 aliphatic carbocycles. The number of rotatable bonds is 8. The summed E-state index contributed by atoms with van der Waals surface area (Å²) < 4.78 is 5.68. The molecule has 0 atom stereocenters. The fraction of sp³-hybridized carbons (Fsp3) is 0.381. The molecule has 0 aromatic heterocycles. The number of aryl methyl sites for hydroxylation is 2. The molecule has 0 unspecified atom stereocenters. The Labute approximate surface area is 145 Å². The monoisotopic (exact) mass is 325 g/mol. The van der Waals surface area contributed by atoms with Gasteiger partial charge < -0.3 is 10.1 Å². The largest absolute Gasteiger partial charge is 0.483 e. The van der Waals surface area contributed by atoms with Gasteiger partial charge in [-0.2, -0.15) is 0 Å². The number of hydrogen-bond acceptors (Lipinski definition) is 2. The van der Waals surface area contributed by atoms with Gasteiger partial charge in [-0.05, 0) is 42.9 Å². The molecular weight excluding hydrogens is 298 g/mol. The van der Waals surface area contributed by atoms with E-state index in [1.807, 2.05) is 24.3 Å². The van der Waals surface area contributed by atoms with Crippen LogP contribution in [0.1, 0.15) is 42.9 Å². The SMILES string of the molecule is Cc1ccc(CCCNC(=O)COc2ccccc2C(C)C)cc1. The Morgan fingerprint density at radius 1 is 1.08 bits per heavy atom. The molecule has 0 saturated heterocycles. The van der Waals surface area contributed by atoms with Gasteiger partial charge in [0.05, 0.1) is 0 Å². The smallest absolute Gasteiger partial charge is 0.257 e. The summed E-state index contributed by atoms with van der Waals surface area (Å²) in [4.78, 5) is 11.9. The van der Waals surface area contributed by atoms with Crippen molar-refractivity contribution in [2.45, 2.75) is 39.5 Å². The van der Waals surface area contributed by atoms with E-state index in [0.29, 0.717) is 12.5 Å². The zero-order chi connectivity index (χ0) is 17.4. The molecule has 0 bridgehead atoms. The molecule has 0 saturated carbocycles. The van der Waals surface area contributed by atoms with Crippen molar-refractivity contribution < 1.29 is 9.53 Å². The molecular formula is C21H27NO2. The van der Waals surface area contributed by atoms with E-state index in [4.69, 9.17) is 4.74 Å². The summed E-state index contributed by atoms with van der Waals surface area (Å²) in [7, 11) is 0. The number of carbonyl (C=O) groups is 1. The number of nitrogens with one attached hydrogen (secondary N) is 1. The van der Waals surface area contributed by atoms with Crippen LogP contribution in [-0.2, 0) is 11.2 Å². The molecule has 0 radical (unpaired) electrons. The minimum absolute atomic E-state index is 0.0638. The van der Waals surface area contributed by atoms with Crippen LogP contribution >= 0.6 is 0 Å². The molecule has 24 heavy (non-hydrogen) atoms. The van der Waals surface area contributed by atoms with Crippen LogP contribution in [-0.4, -0.2) is 19.1 Å². The summed E-state index contributed by atoms with van der Waals surface area (Å²) >= 11 is 0. The number of benzene rings is 2. The Balaban J connectivity index is 1.69. The summed E-state index contributed by atoms with van der Waals surface area (Å²) in [6.07, 6.45) is 1.90. The van der Waals surface area contributed by atoms with E-state index in [2.05, 4.69) is 50.4 Å². The van der Waals surface area contributed by atoms with Gasteiger partial charge >= 0.3 is 0 Å². The number of amides is 1. The van der Waals surface area contributed by atoms with Crippen molar-refractivity contribution in [3.8, 4) is 5.75 Å². The molecule has 0 spiro atoms. The fourth-order valence-corrected chi connectivity index (χ4v) is 2.56. The van der Waals surface area contributed by atoms with Crippen molar-refractivity contribution in [3.05, 3.63) is 65.2 Å². The van der Waals surface area contributed by atoms with Crippen LogP contribution in [0.4, 0.5) is 0 Å². The standard InChI is InChI=1S/C21H27NO2/c1-16(2)19-8-4-5-9-20(19)24-15-21(23)22-14-6-7-18-12-10-17(3)11-13-18/h4-5,8-13,16H,6-7,14-15H2,1-3H3,(H,22,23). The highest BCUT2D eigenvalue weighted by molar-refractivity contribution is 5.77. The number of para-hydroxylation sites is 1.